The van der Waals surface area contributed by atoms with Crippen LogP contribution < -0.4 is 5.73 Å². The molecule has 4 heterocycles. The molecule has 1 atom stereocenters. The minimum absolute atomic E-state index is 0.204. The minimum Gasteiger partial charge on any atom is -0.611 e. The Hall–Kier alpha value is -2.49. The highest BCUT2D eigenvalue weighted by Crippen LogP contribution is 2.45. The first kappa shape index (κ1) is 17.6. The van der Waals surface area contributed by atoms with Crippen LogP contribution in [-0.2, 0) is 18.2 Å². The number of thiophene rings is 1. The van der Waals surface area contributed by atoms with Gasteiger partial charge in [-0.2, -0.15) is 5.10 Å². The first-order valence-corrected chi connectivity index (χ1v) is 11.0. The summed E-state index contributed by atoms with van der Waals surface area (Å²) < 4.78 is 15.5. The molecule has 0 bridgehead atoms. The van der Waals surface area contributed by atoms with Gasteiger partial charge in [-0.1, -0.05) is 11.3 Å². The highest BCUT2D eigenvalue weighted by atomic mass is 32.2. The Labute approximate surface area is 168 Å². The van der Waals surface area contributed by atoms with E-state index in [1.54, 1.807) is 17.1 Å². The number of nitrogens with zero attached hydrogens (tertiary/aromatic N) is 5. The Bertz CT molecular complexity index is 1150. The molecule has 5 rings (SSSR count). The molecule has 0 radical (unpaired) electrons. The molecule has 2 N–H and O–H groups in total. The fourth-order valence-corrected chi connectivity index (χ4v) is 6.54. The van der Waals surface area contributed by atoms with Crippen molar-refractivity contribution in [2.75, 3.05) is 5.73 Å². The number of aromatic nitrogens is 5. The third kappa shape index (κ3) is 2.86. The van der Waals surface area contributed by atoms with Gasteiger partial charge in [0.2, 0.25) is 4.21 Å². The number of fused-ring (bicyclic) bond motifs is 1. The smallest absolute Gasteiger partial charge is 0.232 e. The third-order valence-electron chi connectivity index (χ3n) is 5.05. The molecule has 1 unspecified atom stereocenters. The van der Waals surface area contributed by atoms with Crippen LogP contribution in [-0.4, -0.2) is 34.5 Å². The van der Waals surface area contributed by atoms with Crippen molar-refractivity contribution in [3.05, 3.63) is 37.1 Å². The van der Waals surface area contributed by atoms with E-state index >= 15 is 0 Å². The van der Waals surface area contributed by atoms with E-state index in [-0.39, 0.29) is 5.25 Å². The molecule has 28 heavy (non-hydrogen) atoms. The van der Waals surface area contributed by atoms with Crippen molar-refractivity contribution in [1.82, 2.24) is 24.7 Å². The molecule has 1 saturated carbocycles. The van der Waals surface area contributed by atoms with Gasteiger partial charge in [-0.05, 0) is 31.4 Å². The summed E-state index contributed by atoms with van der Waals surface area (Å²) in [6, 6.07) is 3.90. The van der Waals surface area contributed by atoms with E-state index in [4.69, 9.17) is 10.7 Å². The van der Waals surface area contributed by atoms with Gasteiger partial charge in [-0.15, -0.1) is 0 Å². The first-order chi connectivity index (χ1) is 13.6. The minimum atomic E-state index is -1.09. The van der Waals surface area contributed by atoms with E-state index in [1.807, 2.05) is 25.4 Å². The van der Waals surface area contributed by atoms with Gasteiger partial charge in [0.15, 0.2) is 0 Å². The number of anilines is 1. The van der Waals surface area contributed by atoms with Crippen LogP contribution in [0.5, 0.6) is 0 Å². The van der Waals surface area contributed by atoms with Crippen molar-refractivity contribution in [2.24, 2.45) is 7.05 Å². The van der Waals surface area contributed by atoms with Crippen LogP contribution in [0.4, 0.5) is 5.69 Å². The summed E-state index contributed by atoms with van der Waals surface area (Å²) in [5.41, 5.74) is 10.3. The van der Waals surface area contributed by atoms with E-state index in [2.05, 4.69) is 15.1 Å². The quantitative estimate of drug-likeness (QED) is 0.517. The summed E-state index contributed by atoms with van der Waals surface area (Å²) in [6.07, 6.45) is 9.97. The third-order valence-corrected chi connectivity index (χ3v) is 8.35. The fourth-order valence-electron chi connectivity index (χ4n) is 3.33. The molecule has 142 valence electrons. The van der Waals surface area contributed by atoms with Gasteiger partial charge in [-0.3, -0.25) is 4.68 Å². The standard InChI is InChI=1S/C19H18N6OS2/c1-25-6-5-14(24-25)13-7-15(11-8-21-10-22-9-11)23-18-16(13)17(20)19(27-18)28(26)12-3-2-4-12/h5-10,12H,2-4,20H2,1H3. The van der Waals surface area contributed by atoms with E-state index < -0.39 is 11.2 Å². The molecule has 0 amide bonds. The second-order valence-corrected chi connectivity index (χ2v) is 9.82. The number of pyridine rings is 1. The molecule has 1 aliphatic carbocycles. The van der Waals surface area contributed by atoms with Crippen LogP contribution in [0.25, 0.3) is 32.7 Å². The summed E-state index contributed by atoms with van der Waals surface area (Å²) in [5.74, 6) is 0. The number of nitrogens with two attached hydrogens (primary N) is 1. The normalized spacial score (nSPS) is 15.6. The van der Waals surface area contributed by atoms with Crippen molar-refractivity contribution >= 4 is 38.4 Å². The van der Waals surface area contributed by atoms with E-state index in [0.29, 0.717) is 5.69 Å². The molecule has 7 nitrogen and oxygen atoms in total. The molecular formula is C19H18N6OS2. The Morgan fingerprint density at radius 1 is 1.25 bits per heavy atom. The van der Waals surface area contributed by atoms with Gasteiger partial charge in [-0.25, -0.2) is 15.0 Å². The largest absolute Gasteiger partial charge is 0.611 e. The van der Waals surface area contributed by atoms with Crippen molar-refractivity contribution in [3.63, 3.8) is 0 Å². The summed E-state index contributed by atoms with van der Waals surface area (Å²) in [5, 5.41) is 5.58. The van der Waals surface area contributed by atoms with E-state index in [9.17, 15) is 4.55 Å². The number of hydrogen-bond donors (Lipinski definition) is 1. The van der Waals surface area contributed by atoms with Gasteiger partial charge < -0.3 is 10.3 Å². The lowest BCUT2D eigenvalue weighted by Crippen LogP contribution is -2.28. The maximum absolute atomic E-state index is 13.0. The molecule has 1 aliphatic rings. The number of aryl methyl sites for hydroxylation is 1. The van der Waals surface area contributed by atoms with Crippen LogP contribution in [0, 0.1) is 0 Å². The maximum atomic E-state index is 13.0. The van der Waals surface area contributed by atoms with Crippen molar-refractivity contribution < 1.29 is 4.55 Å². The average molecular weight is 411 g/mol. The number of hydrogen-bond acceptors (Lipinski definition) is 7. The summed E-state index contributed by atoms with van der Waals surface area (Å²) in [7, 11) is 1.88. The second-order valence-electron chi connectivity index (χ2n) is 6.89. The van der Waals surface area contributed by atoms with Crippen molar-refractivity contribution in [2.45, 2.75) is 28.7 Å². The SMILES string of the molecule is Cn1ccc(-c2cc(-c3cncnc3)nc3sc([S+]([O-])C4CCC4)c(N)c23)n1. The van der Waals surface area contributed by atoms with E-state index in [1.165, 1.54) is 17.7 Å². The second kappa shape index (κ2) is 6.84. The highest BCUT2D eigenvalue weighted by Gasteiger charge is 2.35. The predicted molar refractivity (Wildman–Crippen MR) is 111 cm³/mol. The topological polar surface area (TPSA) is 106 Å². The Balaban J connectivity index is 1.74. The van der Waals surface area contributed by atoms with Crippen LogP contribution >= 0.6 is 11.3 Å². The van der Waals surface area contributed by atoms with Crippen LogP contribution in [0.1, 0.15) is 19.3 Å². The van der Waals surface area contributed by atoms with Gasteiger partial charge in [0.1, 0.15) is 22.1 Å². The molecule has 9 heteroatoms. The van der Waals surface area contributed by atoms with Crippen LogP contribution in [0.3, 0.4) is 0 Å². The molecule has 1 fully saturated rings. The van der Waals surface area contributed by atoms with Gasteiger partial charge in [0.25, 0.3) is 0 Å². The maximum Gasteiger partial charge on any atom is 0.232 e. The summed E-state index contributed by atoms with van der Waals surface area (Å²) in [4.78, 5) is 13.8. The molecule has 4 aromatic heterocycles. The zero-order valence-electron chi connectivity index (χ0n) is 15.2. The summed E-state index contributed by atoms with van der Waals surface area (Å²) >= 11 is 0.329. The number of rotatable bonds is 4. The van der Waals surface area contributed by atoms with Crippen molar-refractivity contribution in [1.29, 1.82) is 0 Å². The van der Waals surface area contributed by atoms with Crippen LogP contribution in [0.15, 0.2) is 41.3 Å². The van der Waals surface area contributed by atoms with E-state index in [0.717, 1.165) is 56.2 Å². The fraction of sp³-hybridized carbons (Fsp3) is 0.263. The Kier molecular flexibility index (Phi) is 4.30. The number of nitrogen functional groups attached to an aromatic ring is 1. The monoisotopic (exact) mass is 410 g/mol. The lowest BCUT2D eigenvalue weighted by Gasteiger charge is -2.26. The average Bonchev–Trinajstić information content (AvgIpc) is 3.24. The Morgan fingerprint density at radius 3 is 2.68 bits per heavy atom. The zero-order valence-corrected chi connectivity index (χ0v) is 16.8. The highest BCUT2D eigenvalue weighted by molar-refractivity contribution is 7.94. The van der Waals surface area contributed by atoms with Gasteiger partial charge in [0.05, 0.1) is 11.4 Å². The Morgan fingerprint density at radius 2 is 2.04 bits per heavy atom. The summed E-state index contributed by atoms with van der Waals surface area (Å²) in [6.45, 7) is 0. The van der Waals surface area contributed by atoms with Crippen molar-refractivity contribution in [3.8, 4) is 22.5 Å². The molecule has 4 aromatic rings. The van der Waals surface area contributed by atoms with Gasteiger partial charge >= 0.3 is 0 Å². The lowest BCUT2D eigenvalue weighted by atomic mass is 10.0. The molecule has 0 saturated heterocycles. The zero-order chi connectivity index (χ0) is 19.3. The molecule has 0 spiro atoms. The first-order valence-electron chi connectivity index (χ1n) is 9.01. The lowest BCUT2D eigenvalue weighted by molar-refractivity contribution is 0.478. The molecular weight excluding hydrogens is 392 g/mol. The van der Waals surface area contributed by atoms with Gasteiger partial charge in [0, 0.05) is 53.3 Å². The van der Waals surface area contributed by atoms with Crippen LogP contribution in [0.2, 0.25) is 0 Å². The predicted octanol–water partition coefficient (Wildman–Crippen LogP) is 3.40. The molecule has 0 aliphatic heterocycles. The molecule has 0 aromatic carbocycles.